The molecule has 1 aliphatic rings. The van der Waals surface area contributed by atoms with Gasteiger partial charge in [-0.15, -0.1) is 23.7 Å². The highest BCUT2D eigenvalue weighted by Gasteiger charge is 2.33. The van der Waals surface area contributed by atoms with Gasteiger partial charge >= 0.3 is 0 Å². The Labute approximate surface area is 159 Å². The zero-order valence-corrected chi connectivity index (χ0v) is 16.3. The highest BCUT2D eigenvalue weighted by molar-refractivity contribution is 7.13. The molecule has 1 aromatic carbocycles. The molecule has 3 rings (SSSR count). The van der Waals surface area contributed by atoms with Gasteiger partial charge in [-0.3, -0.25) is 4.90 Å². The van der Waals surface area contributed by atoms with Gasteiger partial charge < -0.3 is 10.0 Å². The molecule has 1 fully saturated rings. The van der Waals surface area contributed by atoms with E-state index in [9.17, 15) is 5.11 Å². The quantitative estimate of drug-likeness (QED) is 0.639. The van der Waals surface area contributed by atoms with Gasteiger partial charge in [-0.1, -0.05) is 30.3 Å². The molecule has 0 unspecified atom stereocenters. The Morgan fingerprint density at radius 2 is 1.96 bits per heavy atom. The molecule has 1 aromatic heterocycles. The summed E-state index contributed by atoms with van der Waals surface area (Å²) in [5, 5.41) is 13.7. The molecule has 7 heteroatoms. The van der Waals surface area contributed by atoms with Crippen LogP contribution < -0.4 is 0 Å². The number of nitrogens with zero attached hydrogens (tertiary/aromatic N) is 4. The molecule has 0 saturated carbocycles. The van der Waals surface area contributed by atoms with Gasteiger partial charge in [-0.2, -0.15) is 0 Å². The molecule has 0 amide bonds. The first kappa shape index (κ1) is 19.8. The number of rotatable bonds is 5. The summed E-state index contributed by atoms with van der Waals surface area (Å²) >= 11 is 1.57. The van der Waals surface area contributed by atoms with Crippen molar-refractivity contribution >= 4 is 35.2 Å². The van der Waals surface area contributed by atoms with E-state index in [1.807, 2.05) is 49.3 Å². The van der Waals surface area contributed by atoms with E-state index >= 15 is 0 Å². The third-order valence-corrected chi connectivity index (χ3v) is 5.12. The molecule has 1 saturated heterocycles. The molecule has 2 aromatic rings. The average Bonchev–Trinajstić information content (AvgIpc) is 3.04. The summed E-state index contributed by atoms with van der Waals surface area (Å²) in [6.45, 7) is 2.57. The van der Waals surface area contributed by atoms with Crippen LogP contribution in [0.5, 0.6) is 0 Å². The van der Waals surface area contributed by atoms with Gasteiger partial charge in [-0.25, -0.2) is 9.98 Å². The topological polar surface area (TPSA) is 52.0 Å². The van der Waals surface area contributed by atoms with Gasteiger partial charge in [0.2, 0.25) is 5.13 Å². The van der Waals surface area contributed by atoms with E-state index in [0.717, 1.165) is 48.9 Å². The van der Waals surface area contributed by atoms with Crippen LogP contribution in [-0.2, 0) is 12.1 Å². The fourth-order valence-electron chi connectivity index (χ4n) is 2.94. The van der Waals surface area contributed by atoms with Gasteiger partial charge in [0.05, 0.1) is 17.6 Å². The first-order valence-corrected chi connectivity index (χ1v) is 9.08. The summed E-state index contributed by atoms with van der Waals surface area (Å²) in [5.74, 6) is 0. The Kier molecular flexibility index (Phi) is 6.95. The highest BCUT2D eigenvalue weighted by Crippen LogP contribution is 2.33. The number of thiazole rings is 1. The monoisotopic (exact) mass is 380 g/mol. The molecule has 5 nitrogen and oxygen atoms in total. The Balaban J connectivity index is 0.00000225. The summed E-state index contributed by atoms with van der Waals surface area (Å²) in [7, 11) is 3.89. The Morgan fingerprint density at radius 3 is 2.60 bits per heavy atom. The van der Waals surface area contributed by atoms with E-state index in [4.69, 9.17) is 0 Å². The number of hydrogen-bond acceptors (Lipinski definition) is 5. The summed E-state index contributed by atoms with van der Waals surface area (Å²) < 4.78 is 0. The normalized spacial score (nSPS) is 17.4. The SMILES string of the molecule is CN(C)C=Nc1nc(CN2CCC(O)(c3ccccc3)CC2)cs1.Cl. The maximum Gasteiger partial charge on any atom is 0.210 e. The number of aliphatic hydroxyl groups is 1. The molecule has 0 bridgehead atoms. The van der Waals surface area contributed by atoms with E-state index in [1.54, 1.807) is 17.7 Å². The predicted octanol–water partition coefficient (Wildman–Crippen LogP) is 3.27. The molecule has 0 radical (unpaired) electrons. The predicted molar refractivity (Wildman–Crippen MR) is 106 cm³/mol. The standard InChI is InChI=1S/C18H24N4OS.ClH/c1-21(2)14-19-17-20-16(13-24-17)12-22-10-8-18(23,9-11-22)15-6-4-3-5-7-15;/h3-7,13-14,23H,8-12H2,1-2H3;1H. The van der Waals surface area contributed by atoms with Crippen molar-refractivity contribution < 1.29 is 5.11 Å². The molecule has 1 aliphatic heterocycles. The smallest absolute Gasteiger partial charge is 0.210 e. The fraction of sp³-hybridized carbons (Fsp3) is 0.444. The second-order valence-electron chi connectivity index (χ2n) is 6.50. The van der Waals surface area contributed by atoms with E-state index in [1.165, 1.54) is 0 Å². The van der Waals surface area contributed by atoms with Crippen LogP contribution in [0, 0.1) is 0 Å². The minimum Gasteiger partial charge on any atom is -0.385 e. The van der Waals surface area contributed by atoms with Gasteiger partial charge in [0.15, 0.2) is 0 Å². The van der Waals surface area contributed by atoms with E-state index in [2.05, 4.69) is 20.3 Å². The van der Waals surface area contributed by atoms with Crippen LogP contribution >= 0.6 is 23.7 Å². The first-order valence-electron chi connectivity index (χ1n) is 8.20. The zero-order chi connectivity index (χ0) is 17.0. The third-order valence-electron chi connectivity index (χ3n) is 4.32. The lowest BCUT2D eigenvalue weighted by Crippen LogP contribution is -2.42. The lowest BCUT2D eigenvalue weighted by atomic mass is 9.84. The molecular weight excluding hydrogens is 356 g/mol. The Morgan fingerprint density at radius 1 is 1.28 bits per heavy atom. The van der Waals surface area contributed by atoms with Crippen LogP contribution in [0.4, 0.5) is 5.13 Å². The summed E-state index contributed by atoms with van der Waals surface area (Å²) in [4.78, 5) is 13.1. The number of piperidine rings is 1. The molecule has 0 atom stereocenters. The van der Waals surface area contributed by atoms with Crippen molar-refractivity contribution in [3.05, 3.63) is 47.0 Å². The van der Waals surface area contributed by atoms with E-state index < -0.39 is 5.60 Å². The summed E-state index contributed by atoms with van der Waals surface area (Å²) in [6.07, 6.45) is 3.28. The third kappa shape index (κ3) is 5.25. The van der Waals surface area contributed by atoms with Gasteiger partial charge in [0.25, 0.3) is 0 Å². The van der Waals surface area contributed by atoms with Crippen LogP contribution in [0.3, 0.4) is 0 Å². The minimum atomic E-state index is -0.693. The van der Waals surface area contributed by atoms with E-state index in [0.29, 0.717) is 0 Å². The first-order chi connectivity index (χ1) is 11.5. The van der Waals surface area contributed by atoms with Gasteiger partial charge in [-0.05, 0) is 18.4 Å². The average molecular weight is 381 g/mol. The van der Waals surface area contributed by atoms with Crippen molar-refractivity contribution in [2.24, 2.45) is 4.99 Å². The molecular formula is C18H25ClN4OS. The maximum absolute atomic E-state index is 10.9. The van der Waals surface area contributed by atoms with Crippen molar-refractivity contribution in [1.82, 2.24) is 14.8 Å². The molecule has 1 N–H and O–H groups in total. The number of halogens is 1. The molecule has 136 valence electrons. The van der Waals surface area contributed by atoms with Gasteiger partial charge in [0.1, 0.15) is 0 Å². The molecule has 0 spiro atoms. The zero-order valence-electron chi connectivity index (χ0n) is 14.6. The van der Waals surface area contributed by atoms with Crippen molar-refractivity contribution in [2.45, 2.75) is 25.0 Å². The van der Waals surface area contributed by atoms with Crippen LogP contribution in [0.1, 0.15) is 24.1 Å². The van der Waals surface area contributed by atoms with Crippen molar-refractivity contribution in [3.8, 4) is 0 Å². The largest absolute Gasteiger partial charge is 0.385 e. The van der Waals surface area contributed by atoms with Crippen molar-refractivity contribution in [1.29, 1.82) is 0 Å². The summed E-state index contributed by atoms with van der Waals surface area (Å²) in [5.41, 5.74) is 1.38. The van der Waals surface area contributed by atoms with Crippen molar-refractivity contribution in [2.75, 3.05) is 27.2 Å². The number of aliphatic imine (C=N–C) groups is 1. The Bertz CT molecular complexity index is 681. The van der Waals surface area contributed by atoms with Crippen LogP contribution in [0.2, 0.25) is 0 Å². The molecule has 25 heavy (non-hydrogen) atoms. The highest BCUT2D eigenvalue weighted by atomic mass is 35.5. The maximum atomic E-state index is 10.9. The number of benzene rings is 1. The van der Waals surface area contributed by atoms with Gasteiger partial charge in [0, 0.05) is 39.1 Å². The second-order valence-corrected chi connectivity index (χ2v) is 7.34. The van der Waals surface area contributed by atoms with E-state index in [-0.39, 0.29) is 12.4 Å². The number of likely N-dealkylation sites (tertiary alicyclic amines) is 1. The fourth-order valence-corrected chi connectivity index (χ4v) is 3.59. The molecule has 2 heterocycles. The van der Waals surface area contributed by atoms with Crippen molar-refractivity contribution in [3.63, 3.8) is 0 Å². The summed E-state index contributed by atoms with van der Waals surface area (Å²) in [6, 6.07) is 10.0. The molecule has 0 aliphatic carbocycles. The number of aromatic nitrogens is 1. The lowest BCUT2D eigenvalue weighted by molar-refractivity contribution is -0.0279. The second kappa shape index (κ2) is 8.76. The number of hydrogen-bond donors (Lipinski definition) is 1. The van der Waals surface area contributed by atoms with Crippen LogP contribution in [0.25, 0.3) is 0 Å². The lowest BCUT2D eigenvalue weighted by Gasteiger charge is -2.38. The van der Waals surface area contributed by atoms with Crippen LogP contribution in [0.15, 0.2) is 40.7 Å². The van der Waals surface area contributed by atoms with Crippen LogP contribution in [-0.4, -0.2) is 53.4 Å². The minimum absolute atomic E-state index is 0. The Hall–Kier alpha value is -1.47.